The van der Waals surface area contributed by atoms with Crippen LogP contribution in [0.4, 0.5) is 4.39 Å². The van der Waals surface area contributed by atoms with Crippen LogP contribution in [0.2, 0.25) is 0 Å². The number of methoxy groups -OCH3 is 1. The summed E-state index contributed by atoms with van der Waals surface area (Å²) in [5.41, 5.74) is 0.0355. The number of benzene rings is 1. The van der Waals surface area contributed by atoms with E-state index in [9.17, 15) is 14.0 Å². The summed E-state index contributed by atoms with van der Waals surface area (Å²) in [6, 6.07) is 5.94. The van der Waals surface area contributed by atoms with Gasteiger partial charge < -0.3 is 14.5 Å². The third-order valence-electron chi connectivity index (χ3n) is 4.54. The maximum atomic E-state index is 14.0. The Kier molecular flexibility index (Phi) is 9.88. The third kappa shape index (κ3) is 6.75. The fraction of sp³-hybridized carbons (Fsp3) is 0.600. The van der Waals surface area contributed by atoms with Crippen molar-refractivity contribution in [3.05, 3.63) is 35.6 Å². The number of halogens is 1. The van der Waals surface area contributed by atoms with Crippen LogP contribution in [0.3, 0.4) is 0 Å². The van der Waals surface area contributed by atoms with Crippen LogP contribution in [-0.2, 0) is 9.53 Å². The van der Waals surface area contributed by atoms with Gasteiger partial charge in [0.2, 0.25) is 0 Å². The van der Waals surface area contributed by atoms with Gasteiger partial charge in [-0.2, -0.15) is 0 Å². The molecule has 5 nitrogen and oxygen atoms in total. The summed E-state index contributed by atoms with van der Waals surface area (Å²) in [4.78, 5) is 28.4. The number of hydrogen-bond donors (Lipinski definition) is 0. The van der Waals surface area contributed by atoms with Crippen LogP contribution in [0.5, 0.6) is 0 Å². The summed E-state index contributed by atoms with van der Waals surface area (Å²) in [6.45, 7) is 9.60. The highest BCUT2D eigenvalue weighted by Gasteiger charge is 2.24. The number of hydrogen-bond acceptors (Lipinski definition) is 4. The Bertz CT molecular complexity index is 576. The SMILES string of the molecule is CCN(CC)CCCCN(CC(C)C(=O)OC)C(=O)c1ccccc1F. The first-order valence-corrected chi connectivity index (χ1v) is 9.28. The lowest BCUT2D eigenvalue weighted by molar-refractivity contribution is -0.145. The van der Waals surface area contributed by atoms with E-state index < -0.39 is 11.7 Å². The summed E-state index contributed by atoms with van der Waals surface area (Å²) >= 11 is 0. The first kappa shape index (κ1) is 22.1. The Morgan fingerprint density at radius 3 is 2.31 bits per heavy atom. The van der Waals surface area contributed by atoms with Crippen molar-refractivity contribution in [1.29, 1.82) is 0 Å². The smallest absolute Gasteiger partial charge is 0.310 e. The van der Waals surface area contributed by atoms with E-state index >= 15 is 0 Å². The lowest BCUT2D eigenvalue weighted by Gasteiger charge is -2.26. The van der Waals surface area contributed by atoms with E-state index in [1.807, 2.05) is 0 Å². The van der Waals surface area contributed by atoms with Crippen molar-refractivity contribution in [3.8, 4) is 0 Å². The van der Waals surface area contributed by atoms with Crippen LogP contribution < -0.4 is 0 Å². The zero-order valence-corrected chi connectivity index (χ0v) is 16.3. The molecule has 0 spiro atoms. The molecule has 0 aliphatic heterocycles. The number of carbonyl (C=O) groups is 2. The van der Waals surface area contributed by atoms with Crippen molar-refractivity contribution in [1.82, 2.24) is 9.80 Å². The predicted molar refractivity (Wildman–Crippen MR) is 101 cm³/mol. The summed E-state index contributed by atoms with van der Waals surface area (Å²) in [7, 11) is 1.33. The molecule has 1 unspecified atom stereocenters. The number of rotatable bonds is 11. The van der Waals surface area contributed by atoms with Crippen LogP contribution in [-0.4, -0.2) is 61.5 Å². The number of unbranched alkanes of at least 4 members (excludes halogenated alkanes) is 1. The molecule has 0 saturated carbocycles. The molecule has 0 heterocycles. The monoisotopic (exact) mass is 366 g/mol. The second-order valence-electron chi connectivity index (χ2n) is 6.39. The van der Waals surface area contributed by atoms with Crippen molar-refractivity contribution in [2.24, 2.45) is 5.92 Å². The maximum Gasteiger partial charge on any atom is 0.310 e. The Morgan fingerprint density at radius 1 is 1.12 bits per heavy atom. The van der Waals surface area contributed by atoms with Gasteiger partial charge in [-0.15, -0.1) is 0 Å². The molecule has 6 heteroatoms. The number of carbonyl (C=O) groups excluding carboxylic acids is 2. The lowest BCUT2D eigenvalue weighted by Crippen LogP contribution is -2.38. The fourth-order valence-corrected chi connectivity index (χ4v) is 2.86. The van der Waals surface area contributed by atoms with E-state index in [0.29, 0.717) is 6.54 Å². The van der Waals surface area contributed by atoms with Crippen LogP contribution in [0, 0.1) is 11.7 Å². The average Bonchev–Trinajstić information content (AvgIpc) is 2.66. The standard InChI is InChI=1S/C20H31FN2O3/c1-5-22(6-2)13-9-10-14-23(15-16(3)20(25)26-4)19(24)17-11-7-8-12-18(17)21/h7-8,11-12,16H,5-6,9-10,13-15H2,1-4H3. The molecule has 0 aromatic heterocycles. The highest BCUT2D eigenvalue weighted by Crippen LogP contribution is 2.13. The minimum Gasteiger partial charge on any atom is -0.469 e. The molecule has 146 valence electrons. The van der Waals surface area contributed by atoms with Gasteiger partial charge in [-0.25, -0.2) is 4.39 Å². The number of esters is 1. The Labute approximate surface area is 156 Å². The van der Waals surface area contributed by atoms with Gasteiger partial charge in [0.15, 0.2) is 0 Å². The largest absolute Gasteiger partial charge is 0.469 e. The second kappa shape index (κ2) is 11.6. The number of amides is 1. The summed E-state index contributed by atoms with van der Waals surface area (Å²) in [5, 5.41) is 0. The molecule has 1 atom stereocenters. The van der Waals surface area contributed by atoms with Gasteiger partial charge in [0.05, 0.1) is 18.6 Å². The molecule has 0 N–H and O–H groups in total. The van der Waals surface area contributed by atoms with Crippen molar-refractivity contribution >= 4 is 11.9 Å². The minimum absolute atomic E-state index is 0.0355. The van der Waals surface area contributed by atoms with Gasteiger partial charge in [0.1, 0.15) is 5.82 Å². The molecule has 0 saturated heterocycles. The quantitative estimate of drug-likeness (QED) is 0.446. The third-order valence-corrected chi connectivity index (χ3v) is 4.54. The second-order valence-corrected chi connectivity index (χ2v) is 6.39. The Morgan fingerprint density at radius 2 is 1.73 bits per heavy atom. The van der Waals surface area contributed by atoms with Crippen molar-refractivity contribution in [3.63, 3.8) is 0 Å². The van der Waals surface area contributed by atoms with Crippen molar-refractivity contribution in [2.75, 3.05) is 39.8 Å². The lowest BCUT2D eigenvalue weighted by atomic mass is 10.1. The molecule has 26 heavy (non-hydrogen) atoms. The molecule has 1 rings (SSSR count). The Balaban J connectivity index is 2.77. The van der Waals surface area contributed by atoms with Gasteiger partial charge in [-0.05, 0) is 44.6 Å². The molecule has 0 fully saturated rings. The molecule has 0 radical (unpaired) electrons. The van der Waals surface area contributed by atoms with Crippen LogP contribution in [0.15, 0.2) is 24.3 Å². The molecular weight excluding hydrogens is 335 g/mol. The fourth-order valence-electron chi connectivity index (χ4n) is 2.86. The molecule has 1 aromatic rings. The predicted octanol–water partition coefficient (Wildman–Crippen LogP) is 3.20. The van der Waals surface area contributed by atoms with Gasteiger partial charge in [0, 0.05) is 13.1 Å². The molecule has 1 aromatic carbocycles. The summed E-state index contributed by atoms with van der Waals surface area (Å²) in [6.07, 6.45) is 1.74. The van der Waals surface area contributed by atoms with E-state index in [1.165, 1.54) is 19.2 Å². The van der Waals surface area contributed by atoms with Gasteiger partial charge in [0.25, 0.3) is 5.91 Å². The molecule has 0 aliphatic rings. The van der Waals surface area contributed by atoms with E-state index in [-0.39, 0.29) is 24.0 Å². The van der Waals surface area contributed by atoms with Crippen LogP contribution in [0.1, 0.15) is 44.0 Å². The van der Waals surface area contributed by atoms with Gasteiger partial charge in [-0.1, -0.05) is 32.9 Å². The molecular formula is C20H31FN2O3. The molecule has 1 amide bonds. The van der Waals surface area contributed by atoms with E-state index in [1.54, 1.807) is 24.0 Å². The Hall–Kier alpha value is -1.95. The van der Waals surface area contributed by atoms with Crippen molar-refractivity contribution < 1.29 is 18.7 Å². The van der Waals surface area contributed by atoms with E-state index in [2.05, 4.69) is 18.7 Å². The molecule has 0 aliphatic carbocycles. The summed E-state index contributed by atoms with van der Waals surface area (Å²) < 4.78 is 18.8. The highest BCUT2D eigenvalue weighted by atomic mass is 19.1. The average molecular weight is 366 g/mol. The molecule has 0 bridgehead atoms. The van der Waals surface area contributed by atoms with E-state index in [0.717, 1.165) is 32.5 Å². The van der Waals surface area contributed by atoms with Crippen LogP contribution >= 0.6 is 0 Å². The van der Waals surface area contributed by atoms with Gasteiger partial charge >= 0.3 is 5.97 Å². The van der Waals surface area contributed by atoms with E-state index in [4.69, 9.17) is 4.74 Å². The first-order valence-electron chi connectivity index (χ1n) is 9.28. The summed E-state index contributed by atoms with van der Waals surface area (Å²) in [5.74, 6) is -1.77. The van der Waals surface area contributed by atoms with Crippen LogP contribution in [0.25, 0.3) is 0 Å². The highest BCUT2D eigenvalue weighted by molar-refractivity contribution is 5.94. The number of ether oxygens (including phenoxy) is 1. The maximum absolute atomic E-state index is 14.0. The number of nitrogens with zero attached hydrogens (tertiary/aromatic N) is 2. The van der Waals surface area contributed by atoms with Crippen molar-refractivity contribution in [2.45, 2.75) is 33.6 Å². The zero-order chi connectivity index (χ0) is 19.5. The topological polar surface area (TPSA) is 49.9 Å². The minimum atomic E-state index is -0.545. The zero-order valence-electron chi connectivity index (χ0n) is 16.3. The first-order chi connectivity index (χ1) is 12.4. The normalized spacial score (nSPS) is 12.1. The van der Waals surface area contributed by atoms with Gasteiger partial charge in [-0.3, -0.25) is 9.59 Å².